The number of phenolic OH excluding ortho intramolecular Hbond substituents is 1. The minimum atomic E-state index is -1.21. The molecule has 0 spiro atoms. The van der Waals surface area contributed by atoms with E-state index in [0.29, 0.717) is 0 Å². The molecule has 86 valence electrons. The largest absolute Gasteiger partial charge is 0.508 e. The molecule has 0 radical (unpaired) electrons. The van der Waals surface area contributed by atoms with Crippen LogP contribution in [0.4, 0.5) is 0 Å². The minimum Gasteiger partial charge on any atom is -0.508 e. The van der Waals surface area contributed by atoms with Crippen LogP contribution in [0.5, 0.6) is 5.75 Å². The molecular weight excluding hydrogens is 210 g/mol. The fraction of sp³-hybridized carbons (Fsp3) is 0.273. The van der Waals surface area contributed by atoms with Crippen LogP contribution >= 0.6 is 0 Å². The lowest BCUT2D eigenvalue weighted by Gasteiger charge is -2.15. The van der Waals surface area contributed by atoms with Gasteiger partial charge in [0, 0.05) is 12.0 Å². The third-order valence-corrected chi connectivity index (χ3v) is 2.12. The van der Waals surface area contributed by atoms with Crippen molar-refractivity contribution < 1.29 is 19.8 Å². The number of carboxylic acids is 1. The van der Waals surface area contributed by atoms with Gasteiger partial charge < -0.3 is 15.5 Å². The molecule has 1 aromatic rings. The molecule has 0 aliphatic heterocycles. The van der Waals surface area contributed by atoms with Crippen LogP contribution in [-0.4, -0.2) is 22.1 Å². The van der Waals surface area contributed by atoms with Crippen LogP contribution in [0, 0.1) is 0 Å². The molecule has 16 heavy (non-hydrogen) atoms. The number of carbonyl (C=O) groups excluding carboxylic acids is 1. The van der Waals surface area contributed by atoms with E-state index in [2.05, 4.69) is 5.32 Å². The molecule has 1 aromatic carbocycles. The van der Waals surface area contributed by atoms with Gasteiger partial charge in [0.15, 0.2) is 6.04 Å². The van der Waals surface area contributed by atoms with Crippen molar-refractivity contribution in [3.63, 3.8) is 0 Å². The van der Waals surface area contributed by atoms with Crippen molar-refractivity contribution in [3.05, 3.63) is 29.8 Å². The number of para-hydroxylation sites is 1. The highest BCUT2D eigenvalue weighted by Gasteiger charge is 2.23. The number of benzene rings is 1. The number of nitrogens with one attached hydrogen (secondary N) is 1. The van der Waals surface area contributed by atoms with E-state index in [0.717, 1.165) is 0 Å². The Kier molecular flexibility index (Phi) is 3.88. The van der Waals surface area contributed by atoms with Crippen molar-refractivity contribution in [1.29, 1.82) is 0 Å². The maximum absolute atomic E-state index is 11.2. The van der Waals surface area contributed by atoms with E-state index in [1.807, 2.05) is 0 Å². The van der Waals surface area contributed by atoms with Crippen LogP contribution in [0.3, 0.4) is 0 Å². The maximum atomic E-state index is 11.2. The second kappa shape index (κ2) is 5.16. The molecule has 1 unspecified atom stereocenters. The molecule has 0 aromatic heterocycles. The van der Waals surface area contributed by atoms with Gasteiger partial charge in [-0.25, -0.2) is 4.79 Å². The Morgan fingerprint density at radius 1 is 1.38 bits per heavy atom. The van der Waals surface area contributed by atoms with Gasteiger partial charge in [0.05, 0.1) is 0 Å². The predicted molar refractivity (Wildman–Crippen MR) is 56.9 cm³/mol. The smallest absolute Gasteiger partial charge is 0.331 e. The number of aromatic hydroxyl groups is 1. The van der Waals surface area contributed by atoms with Crippen LogP contribution in [0.25, 0.3) is 0 Å². The van der Waals surface area contributed by atoms with E-state index in [1.165, 1.54) is 12.1 Å². The number of phenols is 1. The quantitative estimate of drug-likeness (QED) is 0.711. The molecule has 3 N–H and O–H groups in total. The normalized spacial score (nSPS) is 11.8. The third kappa shape index (κ3) is 2.73. The molecule has 0 heterocycles. The van der Waals surface area contributed by atoms with Crippen molar-refractivity contribution in [2.75, 3.05) is 0 Å². The summed E-state index contributed by atoms with van der Waals surface area (Å²) in [6.45, 7) is 1.62. The van der Waals surface area contributed by atoms with E-state index in [-0.39, 0.29) is 23.6 Å². The first-order valence-corrected chi connectivity index (χ1v) is 4.86. The first-order valence-electron chi connectivity index (χ1n) is 4.86. The zero-order valence-electron chi connectivity index (χ0n) is 8.80. The highest BCUT2D eigenvalue weighted by atomic mass is 16.4. The first-order chi connectivity index (χ1) is 7.56. The standard InChI is InChI=1S/C11H13NO4/c1-2-9(14)12-10(11(15)16)7-5-3-4-6-8(7)13/h3-6,10,13H,2H2,1H3,(H,12,14)(H,15,16). The van der Waals surface area contributed by atoms with Crippen LogP contribution < -0.4 is 5.32 Å². The fourth-order valence-corrected chi connectivity index (χ4v) is 1.27. The highest BCUT2D eigenvalue weighted by Crippen LogP contribution is 2.23. The molecule has 5 heteroatoms. The van der Waals surface area contributed by atoms with Crippen molar-refractivity contribution in [3.8, 4) is 5.75 Å². The summed E-state index contributed by atoms with van der Waals surface area (Å²) < 4.78 is 0. The number of carbonyl (C=O) groups is 2. The number of aliphatic carboxylic acids is 1. The summed E-state index contributed by atoms with van der Waals surface area (Å²) in [5.74, 6) is -1.73. The van der Waals surface area contributed by atoms with Crippen molar-refractivity contribution in [2.24, 2.45) is 0 Å². The second-order valence-corrected chi connectivity index (χ2v) is 3.25. The molecule has 5 nitrogen and oxygen atoms in total. The third-order valence-electron chi connectivity index (χ3n) is 2.12. The number of hydrogen-bond acceptors (Lipinski definition) is 3. The van der Waals surface area contributed by atoms with Crippen molar-refractivity contribution in [1.82, 2.24) is 5.32 Å². The van der Waals surface area contributed by atoms with Gasteiger partial charge in [-0.3, -0.25) is 4.79 Å². The summed E-state index contributed by atoms with van der Waals surface area (Å²) in [7, 11) is 0. The van der Waals surface area contributed by atoms with E-state index in [4.69, 9.17) is 5.11 Å². The molecule has 0 saturated heterocycles. The average molecular weight is 223 g/mol. The summed E-state index contributed by atoms with van der Waals surface area (Å²) in [5.41, 5.74) is 0.178. The van der Waals surface area contributed by atoms with Crippen LogP contribution in [0.15, 0.2) is 24.3 Å². The Labute approximate surface area is 92.7 Å². The lowest BCUT2D eigenvalue weighted by Crippen LogP contribution is -2.33. The molecule has 0 aliphatic rings. The maximum Gasteiger partial charge on any atom is 0.331 e. The van der Waals surface area contributed by atoms with Gasteiger partial charge >= 0.3 is 5.97 Å². The van der Waals surface area contributed by atoms with Gasteiger partial charge in [-0.2, -0.15) is 0 Å². The summed E-state index contributed by atoms with van der Waals surface area (Å²) in [5, 5.41) is 20.8. The number of amides is 1. The monoisotopic (exact) mass is 223 g/mol. The number of carboxylic acid groups (broad SMARTS) is 1. The summed E-state index contributed by atoms with van der Waals surface area (Å²) in [6, 6.07) is 4.81. The fourth-order valence-electron chi connectivity index (χ4n) is 1.27. The number of rotatable bonds is 4. The van der Waals surface area contributed by atoms with Crippen molar-refractivity contribution >= 4 is 11.9 Å². The zero-order chi connectivity index (χ0) is 12.1. The molecule has 0 fully saturated rings. The van der Waals surface area contributed by atoms with Crippen molar-refractivity contribution in [2.45, 2.75) is 19.4 Å². The van der Waals surface area contributed by atoms with E-state index in [1.54, 1.807) is 19.1 Å². The van der Waals surface area contributed by atoms with Gasteiger partial charge in [0.1, 0.15) is 5.75 Å². The van der Waals surface area contributed by atoms with Gasteiger partial charge in [-0.1, -0.05) is 25.1 Å². The van der Waals surface area contributed by atoms with Crippen LogP contribution in [-0.2, 0) is 9.59 Å². The SMILES string of the molecule is CCC(=O)NC(C(=O)O)c1ccccc1O. The van der Waals surface area contributed by atoms with Gasteiger partial charge in [0.25, 0.3) is 0 Å². The van der Waals surface area contributed by atoms with Crippen LogP contribution in [0.1, 0.15) is 24.9 Å². The van der Waals surface area contributed by atoms with E-state index >= 15 is 0 Å². The van der Waals surface area contributed by atoms with Crippen LogP contribution in [0.2, 0.25) is 0 Å². The lowest BCUT2D eigenvalue weighted by atomic mass is 10.1. The summed E-state index contributed by atoms with van der Waals surface area (Å²) in [6.07, 6.45) is 0.192. The summed E-state index contributed by atoms with van der Waals surface area (Å²) in [4.78, 5) is 22.1. The highest BCUT2D eigenvalue weighted by molar-refractivity contribution is 5.84. The predicted octanol–water partition coefficient (Wildman–Crippen LogP) is 1.04. The lowest BCUT2D eigenvalue weighted by molar-refractivity contribution is -0.142. The minimum absolute atomic E-state index is 0.147. The molecule has 1 rings (SSSR count). The molecular formula is C11H13NO4. The molecule has 1 atom stereocenters. The first kappa shape index (κ1) is 12.0. The van der Waals surface area contributed by atoms with E-state index < -0.39 is 12.0 Å². The number of hydrogen-bond donors (Lipinski definition) is 3. The Bertz CT molecular complexity index is 403. The van der Waals surface area contributed by atoms with Gasteiger partial charge in [-0.15, -0.1) is 0 Å². The molecule has 1 amide bonds. The Morgan fingerprint density at radius 2 is 2.00 bits per heavy atom. The Balaban J connectivity index is 2.99. The van der Waals surface area contributed by atoms with E-state index in [9.17, 15) is 14.7 Å². The Hall–Kier alpha value is -2.04. The topological polar surface area (TPSA) is 86.6 Å². The second-order valence-electron chi connectivity index (χ2n) is 3.25. The van der Waals surface area contributed by atoms with Gasteiger partial charge in [0.2, 0.25) is 5.91 Å². The average Bonchev–Trinajstić information content (AvgIpc) is 2.26. The zero-order valence-corrected chi connectivity index (χ0v) is 8.80. The molecule has 0 saturated carbocycles. The summed E-state index contributed by atoms with van der Waals surface area (Å²) >= 11 is 0. The molecule has 0 bridgehead atoms. The Morgan fingerprint density at radius 3 is 2.50 bits per heavy atom. The molecule has 0 aliphatic carbocycles. The van der Waals surface area contributed by atoms with Gasteiger partial charge in [-0.05, 0) is 6.07 Å².